The van der Waals surface area contributed by atoms with Crippen molar-refractivity contribution in [1.82, 2.24) is 5.32 Å². The third-order valence-corrected chi connectivity index (χ3v) is 3.22. The molecule has 0 heterocycles. The Bertz CT molecular complexity index is 488. The van der Waals surface area contributed by atoms with Gasteiger partial charge in [-0.1, -0.05) is 19.1 Å². The molecule has 1 N–H and O–H groups in total. The third kappa shape index (κ3) is 5.01. The number of hydrogen-bond acceptors (Lipinski definition) is 4. The maximum Gasteiger partial charge on any atom is 0.165 e. The van der Waals surface area contributed by atoms with Crippen LogP contribution in [0, 0.1) is 5.82 Å². The average Bonchev–Trinajstić information content (AvgIpc) is 2.27. The summed E-state index contributed by atoms with van der Waals surface area (Å²) in [5.41, 5.74) is 0.686. The minimum Gasteiger partial charge on any atom is -0.489 e. The molecule has 0 aromatic heterocycles. The van der Waals surface area contributed by atoms with Crippen molar-refractivity contribution >= 4 is 9.84 Å². The first-order chi connectivity index (χ1) is 8.44. The van der Waals surface area contributed by atoms with E-state index in [1.54, 1.807) is 12.1 Å². The van der Waals surface area contributed by atoms with Crippen LogP contribution in [-0.4, -0.2) is 33.6 Å². The summed E-state index contributed by atoms with van der Waals surface area (Å²) in [5.74, 6) is -0.469. The van der Waals surface area contributed by atoms with Crippen LogP contribution >= 0.6 is 0 Å². The topological polar surface area (TPSA) is 55.4 Å². The summed E-state index contributed by atoms with van der Waals surface area (Å²) in [6, 6.07) is 4.65. The molecule has 0 saturated carbocycles. The predicted octanol–water partition coefficient (Wildman–Crippen LogP) is 1.36. The molecule has 0 spiro atoms. The zero-order valence-electron chi connectivity index (χ0n) is 10.6. The van der Waals surface area contributed by atoms with Gasteiger partial charge in [0.05, 0.1) is 5.75 Å². The molecule has 0 unspecified atom stereocenters. The van der Waals surface area contributed by atoms with E-state index in [2.05, 4.69) is 5.32 Å². The number of sulfone groups is 1. The molecule has 0 bridgehead atoms. The number of ether oxygens (including phenoxy) is 1. The second-order valence-corrected chi connectivity index (χ2v) is 6.25. The molecule has 102 valence electrons. The van der Waals surface area contributed by atoms with Crippen LogP contribution in [0.4, 0.5) is 4.39 Å². The second kappa shape index (κ2) is 6.70. The summed E-state index contributed by atoms with van der Waals surface area (Å²) in [4.78, 5) is 0. The van der Waals surface area contributed by atoms with Crippen molar-refractivity contribution < 1.29 is 17.5 Å². The SMILES string of the molecule is CCNCc1cccc(F)c1OCCS(C)(=O)=O. The van der Waals surface area contributed by atoms with Crippen molar-refractivity contribution in [2.45, 2.75) is 13.5 Å². The van der Waals surface area contributed by atoms with Crippen LogP contribution in [0.2, 0.25) is 0 Å². The highest BCUT2D eigenvalue weighted by molar-refractivity contribution is 7.90. The monoisotopic (exact) mass is 275 g/mol. The lowest BCUT2D eigenvalue weighted by molar-refractivity contribution is 0.318. The van der Waals surface area contributed by atoms with E-state index in [-0.39, 0.29) is 18.1 Å². The Balaban J connectivity index is 2.73. The first kappa shape index (κ1) is 14.9. The van der Waals surface area contributed by atoms with E-state index in [1.807, 2.05) is 6.92 Å². The van der Waals surface area contributed by atoms with Gasteiger partial charge in [-0.25, -0.2) is 12.8 Å². The fraction of sp³-hybridized carbons (Fsp3) is 0.500. The molecule has 0 saturated heterocycles. The fourth-order valence-electron chi connectivity index (χ4n) is 1.41. The Morgan fingerprint density at radius 2 is 2.11 bits per heavy atom. The molecule has 6 heteroatoms. The van der Waals surface area contributed by atoms with Gasteiger partial charge >= 0.3 is 0 Å². The molecule has 4 nitrogen and oxygen atoms in total. The molecule has 0 atom stereocenters. The Hall–Kier alpha value is -1.14. The third-order valence-electron chi connectivity index (χ3n) is 2.31. The maximum absolute atomic E-state index is 13.6. The van der Waals surface area contributed by atoms with Gasteiger partial charge in [0.1, 0.15) is 6.61 Å². The summed E-state index contributed by atoms with van der Waals surface area (Å²) >= 11 is 0. The van der Waals surface area contributed by atoms with E-state index in [1.165, 1.54) is 6.07 Å². The molecule has 18 heavy (non-hydrogen) atoms. The first-order valence-corrected chi connectivity index (χ1v) is 7.78. The van der Waals surface area contributed by atoms with Crippen molar-refractivity contribution in [3.63, 3.8) is 0 Å². The summed E-state index contributed by atoms with van der Waals surface area (Å²) in [6.45, 7) is 3.16. The van der Waals surface area contributed by atoms with Gasteiger partial charge in [-0.15, -0.1) is 0 Å². The number of para-hydroxylation sites is 1. The number of halogens is 1. The van der Waals surface area contributed by atoms with E-state index in [0.29, 0.717) is 12.1 Å². The minimum absolute atomic E-state index is 0.0428. The highest BCUT2D eigenvalue weighted by Gasteiger charge is 2.10. The summed E-state index contributed by atoms with van der Waals surface area (Å²) in [6.07, 6.45) is 1.12. The summed E-state index contributed by atoms with van der Waals surface area (Å²) in [7, 11) is -3.10. The standard InChI is InChI=1S/C12H18FNO3S/c1-3-14-9-10-5-4-6-11(13)12(10)17-7-8-18(2,15)16/h4-6,14H,3,7-9H2,1-2H3. The lowest BCUT2D eigenvalue weighted by Gasteiger charge is -2.12. The van der Waals surface area contributed by atoms with Gasteiger partial charge in [-0.3, -0.25) is 0 Å². The van der Waals surface area contributed by atoms with Gasteiger partial charge in [-0.05, 0) is 12.6 Å². The molecule has 0 fully saturated rings. The van der Waals surface area contributed by atoms with E-state index in [4.69, 9.17) is 4.74 Å². The molecule has 0 amide bonds. The van der Waals surface area contributed by atoms with Gasteiger partial charge in [0.15, 0.2) is 21.4 Å². The van der Waals surface area contributed by atoms with E-state index < -0.39 is 15.7 Å². The van der Waals surface area contributed by atoms with E-state index >= 15 is 0 Å². The maximum atomic E-state index is 13.6. The van der Waals surface area contributed by atoms with Crippen LogP contribution in [0.5, 0.6) is 5.75 Å². The smallest absolute Gasteiger partial charge is 0.165 e. The van der Waals surface area contributed by atoms with E-state index in [0.717, 1.165) is 12.8 Å². The van der Waals surface area contributed by atoms with Gasteiger partial charge in [-0.2, -0.15) is 0 Å². The van der Waals surface area contributed by atoms with E-state index in [9.17, 15) is 12.8 Å². The Labute approximate surface area is 107 Å². The molecule has 1 rings (SSSR count). The lowest BCUT2D eigenvalue weighted by atomic mass is 10.2. The minimum atomic E-state index is -3.10. The van der Waals surface area contributed by atoms with Crippen LogP contribution in [0.15, 0.2) is 18.2 Å². The van der Waals surface area contributed by atoms with Gasteiger partial charge < -0.3 is 10.1 Å². The quantitative estimate of drug-likeness (QED) is 0.816. The lowest BCUT2D eigenvalue weighted by Crippen LogP contribution is -2.16. The number of benzene rings is 1. The van der Waals surface area contributed by atoms with Crippen LogP contribution in [0.25, 0.3) is 0 Å². The average molecular weight is 275 g/mol. The molecule has 0 aliphatic carbocycles. The van der Waals surface area contributed by atoms with Gasteiger partial charge in [0.25, 0.3) is 0 Å². The second-order valence-electron chi connectivity index (χ2n) is 3.99. The van der Waals surface area contributed by atoms with Crippen LogP contribution in [-0.2, 0) is 16.4 Å². The molecule has 1 aromatic rings. The van der Waals surface area contributed by atoms with Crippen molar-refractivity contribution in [3.05, 3.63) is 29.6 Å². The normalized spacial score (nSPS) is 11.5. The zero-order valence-corrected chi connectivity index (χ0v) is 11.4. The molecule has 0 radical (unpaired) electrons. The molecular formula is C12H18FNO3S. The Morgan fingerprint density at radius 3 is 2.72 bits per heavy atom. The van der Waals surface area contributed by atoms with Crippen molar-refractivity contribution in [2.75, 3.05) is 25.2 Å². The zero-order chi connectivity index (χ0) is 13.6. The highest BCUT2D eigenvalue weighted by atomic mass is 32.2. The van der Waals surface area contributed by atoms with Crippen molar-refractivity contribution in [1.29, 1.82) is 0 Å². The number of hydrogen-bond donors (Lipinski definition) is 1. The van der Waals surface area contributed by atoms with Gasteiger partial charge in [0, 0.05) is 18.4 Å². The summed E-state index contributed by atoms with van der Waals surface area (Å²) < 4.78 is 40.8. The Kier molecular flexibility index (Phi) is 5.55. The number of rotatable bonds is 7. The summed E-state index contributed by atoms with van der Waals surface area (Å²) in [5, 5.41) is 3.07. The molecule has 0 aliphatic heterocycles. The first-order valence-electron chi connectivity index (χ1n) is 5.72. The predicted molar refractivity (Wildman–Crippen MR) is 69.0 cm³/mol. The molecule has 1 aromatic carbocycles. The molecular weight excluding hydrogens is 257 g/mol. The number of nitrogens with one attached hydrogen (secondary N) is 1. The van der Waals surface area contributed by atoms with Gasteiger partial charge in [0.2, 0.25) is 0 Å². The Morgan fingerprint density at radius 1 is 1.39 bits per heavy atom. The van der Waals surface area contributed by atoms with Crippen LogP contribution in [0.3, 0.4) is 0 Å². The van der Waals surface area contributed by atoms with Crippen molar-refractivity contribution in [2.24, 2.45) is 0 Å². The highest BCUT2D eigenvalue weighted by Crippen LogP contribution is 2.22. The molecule has 0 aliphatic rings. The van der Waals surface area contributed by atoms with Crippen molar-refractivity contribution in [3.8, 4) is 5.75 Å². The fourth-order valence-corrected chi connectivity index (χ4v) is 1.80. The van der Waals surface area contributed by atoms with Crippen LogP contribution < -0.4 is 10.1 Å². The van der Waals surface area contributed by atoms with Crippen LogP contribution in [0.1, 0.15) is 12.5 Å². The largest absolute Gasteiger partial charge is 0.489 e.